The zero-order chi connectivity index (χ0) is 100. The highest BCUT2D eigenvalue weighted by Gasteiger charge is 2.26. The molecule has 0 aromatic heterocycles. The van der Waals surface area contributed by atoms with Crippen LogP contribution in [-0.4, -0.2) is 422 Å². The molecule has 0 aromatic rings. The fourth-order valence-corrected chi connectivity index (χ4v) is 10.4. The molecule has 12 amide bonds. The molecule has 3 unspecified atom stereocenters. The van der Waals surface area contributed by atoms with Gasteiger partial charge in [0.05, 0.1) is 205 Å². The van der Waals surface area contributed by atoms with Crippen LogP contribution in [0.3, 0.4) is 0 Å². The van der Waals surface area contributed by atoms with E-state index >= 15 is 0 Å². The SMILES string of the molecule is COC(=O)C(CCCCNC(=O)COCCOCCOCCNC(=O)C(CCCCNC(=O)COCCOCCOCCNC(=O)OC(C)(C)C)NC(=O)COCCOCCOCCNC(=O)OC(C)(C)C)NC(=O)COCCOCCOCCNC(=O)C(CCCCNC(=O)COCCOCCOCCNC(=O)OC(C)(C)C)NC(=O)COCCOCCOCCNC(=O)OC(C)(C)C. The molecule has 0 fully saturated rings. The average molecular weight is 1950 g/mol. The van der Waals surface area contributed by atoms with Crippen molar-refractivity contribution in [2.24, 2.45) is 0 Å². The van der Waals surface area contributed by atoms with Crippen LogP contribution in [0.1, 0.15) is 141 Å². The summed E-state index contributed by atoms with van der Waals surface area (Å²) in [5.41, 5.74) is -2.42. The first kappa shape index (κ1) is 127. The lowest BCUT2D eigenvalue weighted by Crippen LogP contribution is -2.48. The maximum absolute atomic E-state index is 13.4. The van der Waals surface area contributed by atoms with Crippen LogP contribution in [0, 0.1) is 0 Å². The number of carbonyl (C=O) groups excluding carboxylic acids is 13. The summed E-state index contributed by atoms with van der Waals surface area (Å²) >= 11 is 0. The van der Waals surface area contributed by atoms with Gasteiger partial charge in [-0.05, 0) is 141 Å². The molecule has 0 aromatic carbocycles. The molecule has 0 radical (unpaired) electrons. The molecule has 0 bridgehead atoms. The topological polar surface area (TPSA) is 579 Å². The van der Waals surface area contributed by atoms with E-state index in [-0.39, 0.29) is 307 Å². The van der Waals surface area contributed by atoms with Crippen LogP contribution in [0.2, 0.25) is 0 Å². The van der Waals surface area contributed by atoms with E-state index in [9.17, 15) is 62.3 Å². The van der Waals surface area contributed by atoms with Gasteiger partial charge in [0.2, 0.25) is 47.3 Å². The molecule has 0 aliphatic carbocycles. The summed E-state index contributed by atoms with van der Waals surface area (Å²) in [5.74, 6) is -4.24. The van der Waals surface area contributed by atoms with E-state index < -0.39 is 100 Å². The highest BCUT2D eigenvalue weighted by molar-refractivity contribution is 5.89. The van der Waals surface area contributed by atoms with E-state index in [0.717, 1.165) is 0 Å². The predicted molar refractivity (Wildman–Crippen MR) is 486 cm³/mol. The summed E-state index contributed by atoms with van der Waals surface area (Å²) in [7, 11) is 1.20. The molecule has 12 N–H and O–H groups in total. The third-order valence-corrected chi connectivity index (χ3v) is 16.5. The largest absolute Gasteiger partial charge is 0.467 e. The normalized spacial score (nSPS) is 12.2. The van der Waals surface area contributed by atoms with E-state index in [4.69, 9.17) is 109 Å². The summed E-state index contributed by atoms with van der Waals surface area (Å²) in [6.45, 7) is 27.7. The van der Waals surface area contributed by atoms with Crippen LogP contribution in [-0.2, 0) is 152 Å². The minimum atomic E-state index is -0.965. The molecule has 3 atom stereocenters. The van der Waals surface area contributed by atoms with Gasteiger partial charge in [-0.1, -0.05) is 0 Å². The van der Waals surface area contributed by atoms with Gasteiger partial charge < -0.3 is 173 Å². The molecule has 0 saturated carbocycles. The fourth-order valence-electron chi connectivity index (χ4n) is 10.4. The molecule has 0 saturated heterocycles. The number of rotatable bonds is 87. The van der Waals surface area contributed by atoms with E-state index in [1.165, 1.54) is 7.11 Å². The maximum Gasteiger partial charge on any atom is 0.407 e. The van der Waals surface area contributed by atoms with Crippen molar-refractivity contribution in [1.82, 2.24) is 63.8 Å². The Balaban J connectivity index is 4.71. The van der Waals surface area contributed by atoms with Gasteiger partial charge in [0.15, 0.2) is 0 Å². The Kier molecular flexibility index (Phi) is 78.5. The summed E-state index contributed by atoms with van der Waals surface area (Å²) < 4.78 is 124. The number of alkyl carbamates (subject to hydrolysis) is 4. The van der Waals surface area contributed by atoms with Gasteiger partial charge in [-0.3, -0.25) is 38.4 Å². The van der Waals surface area contributed by atoms with E-state index in [1.54, 1.807) is 83.1 Å². The van der Waals surface area contributed by atoms with Crippen molar-refractivity contribution >= 4 is 77.6 Å². The lowest BCUT2D eigenvalue weighted by molar-refractivity contribution is -0.146. The highest BCUT2D eigenvalue weighted by atomic mass is 16.6. The Morgan fingerprint density at radius 2 is 0.378 bits per heavy atom. The third kappa shape index (κ3) is 90.5. The molecule has 0 heterocycles. The standard InChI is InChI=1S/C87H162N12O36/c1-84(2,3)132-80(109)93-28-34-116-40-46-121-51-57-126-62-71(100)88-23-17-14-20-68(97-74(103)65-129-59-53-124-48-42-118-36-30-95-82(111)134-86(7,8)9)77(106)91-26-32-114-38-44-120-50-56-128-64-73(102)90-25-19-16-22-70(79(108)113-13)99-76(105)67-131-61-55-123-45-39-115-33-27-92-78(107)69(98-75(104)66-130-60-54-125-49-43-119-37-31-96-83(112)135-87(10,11)12)21-15-18-24-89-72(101)63-127-58-52-122-47-41-117-35-29-94-81(110)133-85(4,5)6/h68-70H,14-67H2,1-13H3,(H,88,100)(H,89,101)(H,90,102)(H,91,106)(H,92,107)(H,93,109)(H,94,110)(H,95,111)(H,96,112)(H,97,103)(H,98,104)(H,99,105). The van der Waals surface area contributed by atoms with Crippen LogP contribution in [0.5, 0.6) is 0 Å². The molecular formula is C87H162N12O36. The Morgan fingerprint density at radius 1 is 0.200 bits per heavy atom. The average Bonchev–Trinajstić information content (AvgIpc) is 0.928. The summed E-state index contributed by atoms with van der Waals surface area (Å²) in [6.07, 6.45) is 1.36. The quantitative estimate of drug-likeness (QED) is 0.0218. The second kappa shape index (κ2) is 83.7. The Bertz CT molecular complexity index is 3130. The lowest BCUT2D eigenvalue weighted by Gasteiger charge is -2.19. The number of hydrogen-bond donors (Lipinski definition) is 12. The zero-order valence-electron chi connectivity index (χ0n) is 82.1. The summed E-state index contributed by atoms with van der Waals surface area (Å²) in [5, 5.41) is 32.3. The van der Waals surface area contributed by atoms with Crippen molar-refractivity contribution in [3.05, 3.63) is 0 Å². The van der Waals surface area contributed by atoms with E-state index in [1.807, 2.05) is 0 Å². The van der Waals surface area contributed by atoms with Gasteiger partial charge >= 0.3 is 30.3 Å². The van der Waals surface area contributed by atoms with Crippen LogP contribution in [0.15, 0.2) is 0 Å². The third-order valence-electron chi connectivity index (χ3n) is 16.5. The monoisotopic (exact) mass is 1950 g/mol. The Hall–Kier alpha value is -8.41. The van der Waals surface area contributed by atoms with Crippen molar-refractivity contribution in [3.63, 3.8) is 0 Å². The number of carbonyl (C=O) groups is 13. The van der Waals surface area contributed by atoms with Gasteiger partial charge in [0, 0.05) is 58.9 Å². The van der Waals surface area contributed by atoms with Crippen molar-refractivity contribution < 1.29 is 171 Å². The molecule has 0 spiro atoms. The number of esters is 1. The lowest BCUT2D eigenvalue weighted by atomic mass is 10.1. The molecule has 0 aliphatic heterocycles. The number of ether oxygens (including phenoxy) is 23. The first-order valence-electron chi connectivity index (χ1n) is 46.1. The van der Waals surface area contributed by atoms with Crippen molar-refractivity contribution in [1.29, 1.82) is 0 Å². The molecule has 135 heavy (non-hydrogen) atoms. The van der Waals surface area contributed by atoms with Gasteiger partial charge in [0.25, 0.3) is 0 Å². The summed E-state index contributed by atoms with van der Waals surface area (Å²) in [6, 6.07) is -2.83. The number of nitrogens with one attached hydrogen (secondary N) is 12. The molecule has 0 aliphatic rings. The smallest absolute Gasteiger partial charge is 0.407 e. The predicted octanol–water partition coefficient (Wildman–Crippen LogP) is 0.103. The van der Waals surface area contributed by atoms with Crippen molar-refractivity contribution in [3.8, 4) is 0 Å². The Labute approximate surface area is 794 Å². The number of amides is 12. The van der Waals surface area contributed by atoms with Crippen molar-refractivity contribution in [2.75, 3.05) is 304 Å². The molecule has 48 nitrogen and oxygen atoms in total. The fraction of sp³-hybridized carbons (Fsp3) is 0.851. The zero-order valence-corrected chi connectivity index (χ0v) is 82.1. The van der Waals surface area contributed by atoms with Gasteiger partial charge in [0.1, 0.15) is 80.2 Å². The molecule has 0 rings (SSSR count). The molecule has 786 valence electrons. The summed E-state index contributed by atoms with van der Waals surface area (Å²) in [4.78, 5) is 162. The number of unbranched alkanes of at least 4 members (excludes halogenated alkanes) is 3. The van der Waals surface area contributed by atoms with Crippen LogP contribution in [0.25, 0.3) is 0 Å². The highest BCUT2D eigenvalue weighted by Crippen LogP contribution is 2.11. The van der Waals surface area contributed by atoms with E-state index in [0.29, 0.717) is 64.9 Å². The van der Waals surface area contributed by atoms with E-state index in [2.05, 4.69) is 63.8 Å². The van der Waals surface area contributed by atoms with Crippen LogP contribution in [0.4, 0.5) is 19.2 Å². The van der Waals surface area contributed by atoms with Gasteiger partial charge in [-0.25, -0.2) is 24.0 Å². The van der Waals surface area contributed by atoms with Crippen LogP contribution >= 0.6 is 0 Å². The molecule has 48 heteroatoms. The minimum absolute atomic E-state index is 0.0438. The second-order valence-corrected chi connectivity index (χ2v) is 33.4. The Morgan fingerprint density at radius 3 is 0.585 bits per heavy atom. The maximum atomic E-state index is 13.4. The van der Waals surface area contributed by atoms with Gasteiger partial charge in [-0.2, -0.15) is 0 Å². The number of hydrogen-bond acceptors (Lipinski definition) is 36. The van der Waals surface area contributed by atoms with Crippen LogP contribution < -0.4 is 63.8 Å². The first-order valence-corrected chi connectivity index (χ1v) is 46.1. The first-order chi connectivity index (χ1) is 64.5. The minimum Gasteiger partial charge on any atom is -0.467 e. The van der Waals surface area contributed by atoms with Crippen molar-refractivity contribution in [2.45, 2.75) is 181 Å². The molecular weight excluding hydrogens is 1790 g/mol. The number of methoxy groups -OCH3 is 1. The second-order valence-electron chi connectivity index (χ2n) is 33.4. The van der Waals surface area contributed by atoms with Gasteiger partial charge in [-0.15, -0.1) is 0 Å².